The summed E-state index contributed by atoms with van der Waals surface area (Å²) in [4.78, 5) is 13.8. The standard InChI is InChI=1S/C14H17N3O/c1-10-3-4-12(9-11(10)2)17-8-7-16-14(18)13(17)5-6-15/h3-4,9,13H,5,7-8H2,1-2H3,(H,16,18). The lowest BCUT2D eigenvalue weighted by molar-refractivity contribution is -0.123. The van der Waals surface area contributed by atoms with Crippen molar-refractivity contribution in [1.29, 1.82) is 5.26 Å². The molecule has 1 heterocycles. The van der Waals surface area contributed by atoms with Crippen LogP contribution in [0.3, 0.4) is 0 Å². The summed E-state index contributed by atoms with van der Waals surface area (Å²) >= 11 is 0. The van der Waals surface area contributed by atoms with Crippen LogP contribution in [0.15, 0.2) is 18.2 Å². The summed E-state index contributed by atoms with van der Waals surface area (Å²) in [6.07, 6.45) is 0.221. The normalized spacial score (nSPS) is 19.3. The maximum atomic E-state index is 11.8. The highest BCUT2D eigenvalue weighted by atomic mass is 16.2. The van der Waals surface area contributed by atoms with Gasteiger partial charge in [-0.05, 0) is 37.1 Å². The molecule has 0 bridgehead atoms. The number of rotatable bonds is 2. The number of nitriles is 1. The van der Waals surface area contributed by atoms with E-state index in [1.54, 1.807) is 0 Å². The molecule has 4 nitrogen and oxygen atoms in total. The third-order valence-electron chi connectivity index (χ3n) is 3.44. The number of nitrogens with zero attached hydrogens (tertiary/aromatic N) is 2. The average molecular weight is 243 g/mol. The molecule has 1 fully saturated rings. The summed E-state index contributed by atoms with van der Waals surface area (Å²) in [5.41, 5.74) is 3.46. The van der Waals surface area contributed by atoms with Crippen LogP contribution in [0, 0.1) is 25.2 Å². The first kappa shape index (κ1) is 12.4. The lowest BCUT2D eigenvalue weighted by Crippen LogP contribution is -2.55. The van der Waals surface area contributed by atoms with Crippen molar-refractivity contribution >= 4 is 11.6 Å². The van der Waals surface area contributed by atoms with Crippen molar-refractivity contribution in [1.82, 2.24) is 5.32 Å². The first-order valence-corrected chi connectivity index (χ1v) is 6.12. The van der Waals surface area contributed by atoms with Gasteiger partial charge < -0.3 is 10.2 Å². The van der Waals surface area contributed by atoms with Gasteiger partial charge in [0.05, 0.1) is 12.5 Å². The summed E-state index contributed by atoms with van der Waals surface area (Å²) in [6, 6.07) is 7.88. The van der Waals surface area contributed by atoms with E-state index in [9.17, 15) is 4.79 Å². The third-order valence-corrected chi connectivity index (χ3v) is 3.44. The molecule has 2 rings (SSSR count). The monoisotopic (exact) mass is 243 g/mol. The number of benzene rings is 1. The van der Waals surface area contributed by atoms with Gasteiger partial charge in [-0.3, -0.25) is 4.79 Å². The molecule has 1 aliphatic rings. The van der Waals surface area contributed by atoms with Crippen molar-refractivity contribution < 1.29 is 4.79 Å². The topological polar surface area (TPSA) is 56.1 Å². The largest absolute Gasteiger partial charge is 0.357 e. The van der Waals surface area contributed by atoms with E-state index in [0.29, 0.717) is 6.54 Å². The summed E-state index contributed by atoms with van der Waals surface area (Å²) in [5, 5.41) is 11.7. The molecule has 0 aliphatic carbocycles. The molecule has 1 amide bonds. The van der Waals surface area contributed by atoms with Gasteiger partial charge in [-0.15, -0.1) is 0 Å². The zero-order chi connectivity index (χ0) is 13.1. The van der Waals surface area contributed by atoms with Crippen LogP contribution in [0.1, 0.15) is 17.5 Å². The molecule has 94 valence electrons. The Morgan fingerprint density at radius 2 is 2.22 bits per heavy atom. The predicted octanol–water partition coefficient (Wildman–Crippen LogP) is 1.52. The van der Waals surface area contributed by atoms with Gasteiger partial charge in [0.15, 0.2) is 0 Å². The predicted molar refractivity (Wildman–Crippen MR) is 70.3 cm³/mol. The van der Waals surface area contributed by atoms with Crippen LogP contribution >= 0.6 is 0 Å². The van der Waals surface area contributed by atoms with Gasteiger partial charge in [-0.2, -0.15) is 5.26 Å². The summed E-state index contributed by atoms with van der Waals surface area (Å²) in [6.45, 7) is 5.51. The molecular weight excluding hydrogens is 226 g/mol. The Morgan fingerprint density at radius 1 is 1.44 bits per heavy atom. The van der Waals surface area contributed by atoms with Crippen LogP contribution in [-0.4, -0.2) is 25.0 Å². The van der Waals surface area contributed by atoms with Crippen molar-refractivity contribution in [3.05, 3.63) is 29.3 Å². The second-order valence-corrected chi connectivity index (χ2v) is 4.63. The molecule has 0 spiro atoms. The molecule has 1 N–H and O–H groups in total. The first-order valence-electron chi connectivity index (χ1n) is 6.12. The molecule has 1 aromatic rings. The minimum Gasteiger partial charge on any atom is -0.357 e. The molecule has 1 atom stereocenters. The Kier molecular flexibility index (Phi) is 3.52. The van der Waals surface area contributed by atoms with Crippen LogP contribution in [0.4, 0.5) is 5.69 Å². The number of carbonyl (C=O) groups excluding carboxylic acids is 1. The van der Waals surface area contributed by atoms with E-state index < -0.39 is 0 Å². The van der Waals surface area contributed by atoms with Crippen LogP contribution in [0.2, 0.25) is 0 Å². The van der Waals surface area contributed by atoms with Gasteiger partial charge in [0.1, 0.15) is 6.04 Å². The van der Waals surface area contributed by atoms with Crippen molar-refractivity contribution in [2.45, 2.75) is 26.3 Å². The fourth-order valence-electron chi connectivity index (χ4n) is 2.22. The zero-order valence-corrected chi connectivity index (χ0v) is 10.7. The minimum atomic E-state index is -0.370. The number of nitrogens with one attached hydrogen (secondary N) is 1. The third kappa shape index (κ3) is 2.30. The minimum absolute atomic E-state index is 0.0546. The van der Waals surface area contributed by atoms with Crippen LogP contribution in [-0.2, 0) is 4.79 Å². The van der Waals surface area contributed by atoms with Crippen LogP contribution in [0.5, 0.6) is 0 Å². The van der Waals surface area contributed by atoms with Gasteiger partial charge in [0.25, 0.3) is 0 Å². The molecule has 1 aromatic carbocycles. The Morgan fingerprint density at radius 3 is 2.89 bits per heavy atom. The lowest BCUT2D eigenvalue weighted by Gasteiger charge is -2.35. The van der Waals surface area contributed by atoms with Crippen molar-refractivity contribution in [3.8, 4) is 6.07 Å². The Labute approximate surface area is 107 Å². The highest BCUT2D eigenvalue weighted by Crippen LogP contribution is 2.23. The fourth-order valence-corrected chi connectivity index (χ4v) is 2.22. The van der Waals surface area contributed by atoms with Gasteiger partial charge >= 0.3 is 0 Å². The van der Waals surface area contributed by atoms with E-state index in [-0.39, 0.29) is 18.4 Å². The van der Waals surface area contributed by atoms with E-state index >= 15 is 0 Å². The molecule has 0 aromatic heterocycles. The maximum Gasteiger partial charge on any atom is 0.243 e. The lowest BCUT2D eigenvalue weighted by atomic mass is 10.0. The molecule has 1 unspecified atom stereocenters. The number of anilines is 1. The molecule has 0 saturated carbocycles. The first-order chi connectivity index (χ1) is 8.63. The maximum absolute atomic E-state index is 11.8. The van der Waals surface area contributed by atoms with Gasteiger partial charge in [0.2, 0.25) is 5.91 Å². The molecule has 1 aliphatic heterocycles. The van der Waals surface area contributed by atoms with Crippen molar-refractivity contribution in [2.24, 2.45) is 0 Å². The number of piperazine rings is 1. The molecular formula is C14H17N3O. The average Bonchev–Trinajstić information content (AvgIpc) is 2.35. The number of carbonyl (C=O) groups is 1. The van der Waals surface area contributed by atoms with E-state index in [1.165, 1.54) is 11.1 Å². The number of amides is 1. The van der Waals surface area contributed by atoms with E-state index in [0.717, 1.165) is 12.2 Å². The second-order valence-electron chi connectivity index (χ2n) is 4.63. The Bertz CT molecular complexity index is 504. The molecule has 0 radical (unpaired) electrons. The summed E-state index contributed by atoms with van der Waals surface area (Å²) in [7, 11) is 0. The quantitative estimate of drug-likeness (QED) is 0.856. The fraction of sp³-hybridized carbons (Fsp3) is 0.429. The van der Waals surface area contributed by atoms with E-state index in [2.05, 4.69) is 37.4 Å². The molecule has 4 heteroatoms. The van der Waals surface area contributed by atoms with Gasteiger partial charge in [0, 0.05) is 18.8 Å². The Hall–Kier alpha value is -2.02. The van der Waals surface area contributed by atoms with Crippen molar-refractivity contribution in [2.75, 3.05) is 18.0 Å². The highest BCUT2D eigenvalue weighted by molar-refractivity contribution is 5.86. The van der Waals surface area contributed by atoms with E-state index in [4.69, 9.17) is 5.26 Å². The summed E-state index contributed by atoms with van der Waals surface area (Å²) in [5.74, 6) is -0.0546. The van der Waals surface area contributed by atoms with Crippen LogP contribution in [0.25, 0.3) is 0 Å². The smallest absolute Gasteiger partial charge is 0.243 e. The van der Waals surface area contributed by atoms with Crippen LogP contribution < -0.4 is 10.2 Å². The highest BCUT2D eigenvalue weighted by Gasteiger charge is 2.29. The number of hydrogen-bond acceptors (Lipinski definition) is 3. The summed E-state index contributed by atoms with van der Waals surface area (Å²) < 4.78 is 0. The number of hydrogen-bond donors (Lipinski definition) is 1. The number of aryl methyl sites for hydroxylation is 2. The SMILES string of the molecule is Cc1ccc(N2CCNC(=O)C2CC#N)cc1C. The molecule has 1 saturated heterocycles. The van der Waals surface area contributed by atoms with Gasteiger partial charge in [-0.1, -0.05) is 6.07 Å². The van der Waals surface area contributed by atoms with E-state index in [1.807, 2.05) is 11.0 Å². The zero-order valence-electron chi connectivity index (χ0n) is 10.7. The second kappa shape index (κ2) is 5.09. The van der Waals surface area contributed by atoms with Crippen molar-refractivity contribution in [3.63, 3.8) is 0 Å². The van der Waals surface area contributed by atoms with Gasteiger partial charge in [-0.25, -0.2) is 0 Å². The molecule has 18 heavy (non-hydrogen) atoms. The Balaban J connectivity index is 2.31.